The fraction of sp³-hybridized carbons (Fsp3) is 0.323. The molecule has 0 bridgehead atoms. The molecule has 4 nitrogen and oxygen atoms in total. The van der Waals surface area contributed by atoms with Gasteiger partial charge in [-0.1, -0.05) is 44.2 Å². The summed E-state index contributed by atoms with van der Waals surface area (Å²) in [5.41, 5.74) is 7.39. The molecule has 0 spiro atoms. The molecule has 0 saturated carbocycles. The first-order valence-electron chi connectivity index (χ1n) is 12.1. The zero-order valence-electron chi connectivity index (χ0n) is 22.6. The molecule has 2 aromatic carbocycles. The van der Waals surface area contributed by atoms with Crippen molar-refractivity contribution in [1.82, 2.24) is 0 Å². The van der Waals surface area contributed by atoms with Crippen molar-refractivity contribution < 1.29 is 38.0 Å². The molecule has 0 fully saturated rings. The van der Waals surface area contributed by atoms with E-state index in [1.54, 1.807) is 14.2 Å². The van der Waals surface area contributed by atoms with Gasteiger partial charge >= 0.3 is 0 Å². The van der Waals surface area contributed by atoms with Crippen LogP contribution in [-0.2, 0) is 10.8 Å². The molecule has 0 unspecified atom stereocenters. The Bertz CT molecular complexity index is 1300. The number of hydrogen-bond donors (Lipinski definition) is 0. The van der Waals surface area contributed by atoms with E-state index in [9.17, 15) is 0 Å². The molecule has 2 heterocycles. The number of likely N-dealkylation sites (N-methyl/N-ethyl adjacent to an activating group) is 1. The van der Waals surface area contributed by atoms with Gasteiger partial charge in [0.1, 0.15) is 18.5 Å². The maximum absolute atomic E-state index is 5.45. The summed E-state index contributed by atoms with van der Waals surface area (Å²) in [6.07, 6.45) is 14.9. The van der Waals surface area contributed by atoms with Gasteiger partial charge in [-0.2, -0.15) is 4.58 Å². The van der Waals surface area contributed by atoms with Crippen molar-refractivity contribution >= 4 is 17.1 Å². The lowest BCUT2D eigenvalue weighted by atomic mass is 9.81. The molecule has 0 aliphatic carbocycles. The summed E-state index contributed by atoms with van der Waals surface area (Å²) in [7, 11) is 7.69. The molecule has 4 rings (SSSR count). The average Bonchev–Trinajstić information content (AvgIpc) is 3.15. The third kappa shape index (κ3) is 4.77. The lowest BCUT2D eigenvalue weighted by Gasteiger charge is -2.23. The van der Waals surface area contributed by atoms with Crippen LogP contribution < -0.4 is 38.4 Å². The Morgan fingerprint density at radius 1 is 0.778 bits per heavy atom. The quantitative estimate of drug-likeness (QED) is 0.289. The van der Waals surface area contributed by atoms with Crippen LogP contribution in [0, 0.1) is 0 Å². The van der Waals surface area contributed by atoms with Crippen LogP contribution in [0.1, 0.15) is 38.8 Å². The Morgan fingerprint density at radius 2 is 1.36 bits per heavy atom. The van der Waals surface area contributed by atoms with Crippen molar-refractivity contribution in [2.75, 3.05) is 33.2 Å². The van der Waals surface area contributed by atoms with E-state index in [2.05, 4.69) is 118 Å². The van der Waals surface area contributed by atoms with Gasteiger partial charge in [-0.3, -0.25) is 0 Å². The molecular weight excluding hydrogens is 559 g/mol. The first kappa shape index (κ1) is 27.8. The van der Waals surface area contributed by atoms with Crippen molar-refractivity contribution in [3.8, 4) is 11.5 Å². The zero-order chi connectivity index (χ0) is 25.4. The second-order valence-corrected chi connectivity index (χ2v) is 10.2. The highest BCUT2D eigenvalue weighted by Gasteiger charge is 2.43. The minimum absolute atomic E-state index is 0. The van der Waals surface area contributed by atoms with E-state index in [1.165, 1.54) is 33.9 Å². The molecule has 0 N–H and O–H groups in total. The molecule has 2 aromatic rings. The number of allylic oxidation sites excluding steroid dienone is 8. The minimum Gasteiger partial charge on any atom is -1.00 e. The van der Waals surface area contributed by atoms with E-state index in [4.69, 9.17) is 9.47 Å². The first-order chi connectivity index (χ1) is 16.6. The van der Waals surface area contributed by atoms with E-state index in [0.717, 1.165) is 11.5 Å². The second kappa shape index (κ2) is 10.7. The normalized spacial score (nSPS) is 18.9. The van der Waals surface area contributed by atoms with Crippen molar-refractivity contribution in [3.05, 3.63) is 95.8 Å². The Labute approximate surface area is 233 Å². The number of ether oxygens (including phenoxy) is 2. The largest absolute Gasteiger partial charge is 1.00 e. The fourth-order valence-corrected chi connectivity index (χ4v) is 5.37. The van der Waals surface area contributed by atoms with E-state index in [1.807, 2.05) is 12.1 Å². The molecule has 5 heteroatoms. The Balaban J connectivity index is 0.00000361. The fourth-order valence-electron chi connectivity index (χ4n) is 5.37. The molecular formula is C31H37IN2O2. The van der Waals surface area contributed by atoms with E-state index in [0.29, 0.717) is 0 Å². The minimum atomic E-state index is -0.0838. The summed E-state index contributed by atoms with van der Waals surface area (Å²) < 4.78 is 13.2. The van der Waals surface area contributed by atoms with Gasteiger partial charge in [0.05, 0.1) is 19.6 Å². The molecule has 0 amide bonds. The molecule has 36 heavy (non-hydrogen) atoms. The van der Waals surface area contributed by atoms with Crippen LogP contribution in [0.15, 0.2) is 84.6 Å². The lowest BCUT2D eigenvalue weighted by Crippen LogP contribution is -3.00. The summed E-state index contributed by atoms with van der Waals surface area (Å²) in [6.45, 7) is 9.05. The van der Waals surface area contributed by atoms with Crippen molar-refractivity contribution in [2.45, 2.75) is 38.5 Å². The van der Waals surface area contributed by atoms with Crippen LogP contribution in [0.5, 0.6) is 11.5 Å². The van der Waals surface area contributed by atoms with Crippen LogP contribution >= 0.6 is 0 Å². The second-order valence-electron chi connectivity index (χ2n) is 10.2. The van der Waals surface area contributed by atoms with Crippen molar-refractivity contribution in [3.63, 3.8) is 0 Å². The topological polar surface area (TPSA) is 24.7 Å². The highest BCUT2D eigenvalue weighted by atomic mass is 127. The lowest BCUT2D eigenvalue weighted by molar-refractivity contribution is -0.401. The van der Waals surface area contributed by atoms with Crippen LogP contribution in [0.25, 0.3) is 0 Å². The van der Waals surface area contributed by atoms with Crippen LogP contribution in [0.3, 0.4) is 0 Å². The maximum atomic E-state index is 5.45. The zero-order valence-corrected chi connectivity index (χ0v) is 24.8. The smallest absolute Gasteiger partial charge is 0.209 e. The standard InChI is InChI=1S/C31H37N2O2.HI/c1-30(2)24-20-22(34-7)16-18-26(24)32(5)28(30)14-12-10-9-11-13-15-29-31(3,4)25-21-23(35-8)17-19-27(25)33(29)6;/h9-21H,1-8H3;1H/q+1;/p-1. The van der Waals surface area contributed by atoms with Gasteiger partial charge in [-0.25, -0.2) is 0 Å². The summed E-state index contributed by atoms with van der Waals surface area (Å²) in [5.74, 6) is 1.79. The average molecular weight is 597 g/mol. The van der Waals surface area contributed by atoms with Gasteiger partial charge in [-0.05, 0) is 55.8 Å². The summed E-state index contributed by atoms with van der Waals surface area (Å²) >= 11 is 0. The molecule has 190 valence electrons. The van der Waals surface area contributed by atoms with Gasteiger partial charge in [0.25, 0.3) is 0 Å². The number of nitrogens with zero attached hydrogens (tertiary/aromatic N) is 2. The van der Waals surface area contributed by atoms with Crippen molar-refractivity contribution in [2.24, 2.45) is 0 Å². The third-order valence-electron chi connectivity index (χ3n) is 7.43. The molecule has 0 aromatic heterocycles. The molecule has 2 aliphatic heterocycles. The Kier molecular flexibility index (Phi) is 8.23. The number of methoxy groups -OCH3 is 2. The number of fused-ring (bicyclic) bond motifs is 2. The molecule has 2 aliphatic rings. The van der Waals surface area contributed by atoms with Gasteiger partial charge < -0.3 is 38.4 Å². The van der Waals surface area contributed by atoms with E-state index in [-0.39, 0.29) is 34.8 Å². The predicted molar refractivity (Wildman–Crippen MR) is 147 cm³/mol. The molecule has 0 saturated heterocycles. The summed E-state index contributed by atoms with van der Waals surface area (Å²) in [4.78, 5) is 2.27. The number of halogens is 1. The van der Waals surface area contributed by atoms with Crippen molar-refractivity contribution in [1.29, 1.82) is 0 Å². The first-order valence-corrected chi connectivity index (χ1v) is 12.1. The maximum Gasteiger partial charge on any atom is 0.209 e. The van der Waals surface area contributed by atoms with Gasteiger partial charge in [0.2, 0.25) is 5.69 Å². The SMILES string of the molecule is COc1ccc2c(c1)C(C)(C)C(=CC=CC=CC=CC1=[N+](C)c3ccc(OC)cc3C1(C)C)N2C.[I-]. The monoisotopic (exact) mass is 596 g/mol. The summed E-state index contributed by atoms with van der Waals surface area (Å²) in [6, 6.07) is 12.6. The van der Waals surface area contributed by atoms with Crippen LogP contribution in [-0.4, -0.2) is 38.6 Å². The number of anilines is 1. The van der Waals surface area contributed by atoms with Crippen LogP contribution in [0.4, 0.5) is 11.4 Å². The predicted octanol–water partition coefficient (Wildman–Crippen LogP) is 3.69. The summed E-state index contributed by atoms with van der Waals surface area (Å²) in [5, 5.41) is 0. The Morgan fingerprint density at radius 3 is 2.03 bits per heavy atom. The van der Waals surface area contributed by atoms with Gasteiger partial charge in [0.15, 0.2) is 5.71 Å². The highest BCUT2D eigenvalue weighted by molar-refractivity contribution is 6.03. The Hall–Kier alpha value is -2.80. The van der Waals surface area contributed by atoms with E-state index < -0.39 is 0 Å². The van der Waals surface area contributed by atoms with Gasteiger partial charge in [-0.15, -0.1) is 0 Å². The number of benzene rings is 2. The van der Waals surface area contributed by atoms with Crippen LogP contribution in [0.2, 0.25) is 0 Å². The molecule has 0 radical (unpaired) electrons. The number of hydrogen-bond acceptors (Lipinski definition) is 3. The van der Waals surface area contributed by atoms with E-state index >= 15 is 0 Å². The van der Waals surface area contributed by atoms with Gasteiger partial charge in [0, 0.05) is 41.6 Å². The molecule has 0 atom stereocenters. The third-order valence-corrected chi connectivity index (χ3v) is 7.43. The number of rotatable bonds is 6. The highest BCUT2D eigenvalue weighted by Crippen LogP contribution is 2.48.